The van der Waals surface area contributed by atoms with Crippen LogP contribution >= 0.6 is 0 Å². The topological polar surface area (TPSA) is 46.5 Å². The molecule has 0 saturated carbocycles. The average Bonchev–Trinajstić information content (AvgIpc) is 2.47. The van der Waals surface area contributed by atoms with Crippen LogP contribution in [0.5, 0.6) is 5.75 Å². The van der Waals surface area contributed by atoms with Gasteiger partial charge in [0, 0.05) is 6.07 Å². The van der Waals surface area contributed by atoms with Gasteiger partial charge in [-0.2, -0.15) is 0 Å². The van der Waals surface area contributed by atoms with Crippen molar-refractivity contribution in [2.45, 2.75) is 18.8 Å². The van der Waals surface area contributed by atoms with Crippen molar-refractivity contribution < 1.29 is 23.4 Å². The molecule has 1 atom stereocenters. The Morgan fingerprint density at radius 3 is 2.41 bits per heavy atom. The minimum absolute atomic E-state index is 0.266. The zero-order valence-corrected chi connectivity index (χ0v) is 11.8. The maximum atomic E-state index is 13.2. The predicted molar refractivity (Wildman–Crippen MR) is 77.9 cm³/mol. The Balaban J connectivity index is 1.89. The average molecular weight is 306 g/mol. The van der Waals surface area contributed by atoms with Crippen LogP contribution in [0.1, 0.15) is 24.3 Å². The van der Waals surface area contributed by atoms with Crippen LogP contribution in [0.15, 0.2) is 48.5 Å². The summed E-state index contributed by atoms with van der Waals surface area (Å²) in [4.78, 5) is 11.3. The van der Waals surface area contributed by atoms with Crippen molar-refractivity contribution in [3.63, 3.8) is 0 Å². The van der Waals surface area contributed by atoms with E-state index in [-0.39, 0.29) is 12.4 Å². The maximum Gasteiger partial charge on any atom is 0.310 e. The third-order valence-electron chi connectivity index (χ3n) is 3.25. The molecule has 116 valence electrons. The third-order valence-corrected chi connectivity index (χ3v) is 3.25. The molecule has 1 N–H and O–H groups in total. The first-order chi connectivity index (χ1) is 10.6. The van der Waals surface area contributed by atoms with Gasteiger partial charge in [-0.05, 0) is 42.7 Å². The van der Waals surface area contributed by atoms with Crippen molar-refractivity contribution in [1.82, 2.24) is 0 Å². The number of hydrogen-bond donors (Lipinski definition) is 1. The molecule has 1 unspecified atom stereocenters. The van der Waals surface area contributed by atoms with Crippen LogP contribution in [0.2, 0.25) is 0 Å². The highest BCUT2D eigenvalue weighted by atomic mass is 19.1. The molecule has 3 nitrogen and oxygen atoms in total. The van der Waals surface area contributed by atoms with Crippen LogP contribution in [0.3, 0.4) is 0 Å². The van der Waals surface area contributed by atoms with Crippen LogP contribution in [-0.4, -0.2) is 17.7 Å². The molecule has 0 amide bonds. The number of rotatable bonds is 7. The lowest BCUT2D eigenvalue weighted by atomic mass is 9.94. The molecule has 0 bridgehead atoms. The summed E-state index contributed by atoms with van der Waals surface area (Å²) >= 11 is 0. The highest BCUT2D eigenvalue weighted by Crippen LogP contribution is 2.23. The second kappa shape index (κ2) is 7.54. The van der Waals surface area contributed by atoms with Gasteiger partial charge < -0.3 is 9.84 Å². The summed E-state index contributed by atoms with van der Waals surface area (Å²) in [6.45, 7) is 0.266. The molecule has 0 aliphatic heterocycles. The lowest BCUT2D eigenvalue weighted by Crippen LogP contribution is -2.13. The first-order valence-electron chi connectivity index (χ1n) is 6.93. The fourth-order valence-corrected chi connectivity index (χ4v) is 2.19. The van der Waals surface area contributed by atoms with E-state index in [9.17, 15) is 18.7 Å². The Kier molecular flexibility index (Phi) is 5.47. The molecule has 0 saturated heterocycles. The van der Waals surface area contributed by atoms with E-state index in [4.69, 9.17) is 4.74 Å². The van der Waals surface area contributed by atoms with Gasteiger partial charge in [-0.3, -0.25) is 4.79 Å². The van der Waals surface area contributed by atoms with Gasteiger partial charge in [0.2, 0.25) is 0 Å². The number of aliphatic carboxylic acids is 1. The summed E-state index contributed by atoms with van der Waals surface area (Å²) in [5.74, 6) is -2.23. The molecule has 0 heterocycles. The smallest absolute Gasteiger partial charge is 0.310 e. The van der Waals surface area contributed by atoms with Gasteiger partial charge in [-0.1, -0.05) is 18.2 Å². The molecule has 2 aromatic rings. The van der Waals surface area contributed by atoms with Gasteiger partial charge in [0.05, 0.1) is 12.5 Å². The van der Waals surface area contributed by atoms with Gasteiger partial charge in [0.1, 0.15) is 17.4 Å². The second-order valence-corrected chi connectivity index (χ2v) is 4.89. The number of halogens is 2. The first kappa shape index (κ1) is 15.9. The van der Waals surface area contributed by atoms with Crippen LogP contribution in [0.25, 0.3) is 0 Å². The van der Waals surface area contributed by atoms with Gasteiger partial charge in [0.25, 0.3) is 0 Å². The lowest BCUT2D eigenvalue weighted by molar-refractivity contribution is -0.139. The predicted octanol–water partition coefficient (Wildman–Crippen LogP) is 3.99. The quantitative estimate of drug-likeness (QED) is 0.787. The fourth-order valence-electron chi connectivity index (χ4n) is 2.19. The minimum atomic E-state index is -1.00. The van der Waals surface area contributed by atoms with Gasteiger partial charge in [0.15, 0.2) is 0 Å². The van der Waals surface area contributed by atoms with Crippen LogP contribution in [-0.2, 0) is 4.79 Å². The zero-order chi connectivity index (χ0) is 15.9. The van der Waals surface area contributed by atoms with E-state index in [1.807, 2.05) is 0 Å². The Bertz CT molecular complexity index is 643. The Hall–Kier alpha value is -2.43. The number of carboxylic acids is 1. The van der Waals surface area contributed by atoms with Gasteiger partial charge >= 0.3 is 5.97 Å². The molecule has 0 radical (unpaired) electrons. The van der Waals surface area contributed by atoms with E-state index in [1.54, 1.807) is 12.1 Å². The number of carbonyl (C=O) groups is 1. The normalized spacial score (nSPS) is 11.9. The molecule has 0 aromatic heterocycles. The van der Waals surface area contributed by atoms with Crippen LogP contribution in [0, 0.1) is 11.6 Å². The summed E-state index contributed by atoms with van der Waals surface area (Å²) in [6.07, 6.45) is 0.776. The van der Waals surface area contributed by atoms with Crippen LogP contribution < -0.4 is 4.74 Å². The first-order valence-corrected chi connectivity index (χ1v) is 6.93. The monoisotopic (exact) mass is 306 g/mol. The number of ether oxygens (including phenoxy) is 1. The molecule has 0 aliphatic rings. The molecule has 0 aliphatic carbocycles. The lowest BCUT2D eigenvalue weighted by Gasteiger charge is -2.13. The van der Waals surface area contributed by atoms with E-state index in [1.165, 1.54) is 36.4 Å². The zero-order valence-electron chi connectivity index (χ0n) is 11.8. The molecular weight excluding hydrogens is 290 g/mol. The number of hydrogen-bond acceptors (Lipinski definition) is 2. The van der Waals surface area contributed by atoms with E-state index < -0.39 is 17.7 Å². The van der Waals surface area contributed by atoms with Crippen molar-refractivity contribution >= 4 is 5.97 Å². The van der Waals surface area contributed by atoms with E-state index in [0.29, 0.717) is 24.2 Å². The van der Waals surface area contributed by atoms with Crippen molar-refractivity contribution in [2.75, 3.05) is 6.61 Å². The van der Waals surface area contributed by atoms with Crippen molar-refractivity contribution in [3.8, 4) is 5.75 Å². The SMILES string of the molecule is O=C(O)C(CCCOc1cccc(F)c1)c1cccc(F)c1. The molecule has 2 aromatic carbocycles. The Morgan fingerprint density at radius 2 is 1.77 bits per heavy atom. The van der Waals surface area contributed by atoms with Crippen LogP contribution in [0.4, 0.5) is 8.78 Å². The van der Waals surface area contributed by atoms with Gasteiger partial charge in [-0.15, -0.1) is 0 Å². The van der Waals surface area contributed by atoms with Gasteiger partial charge in [-0.25, -0.2) is 8.78 Å². The van der Waals surface area contributed by atoms with Crippen molar-refractivity contribution in [2.24, 2.45) is 0 Å². The maximum absolute atomic E-state index is 13.2. The Morgan fingerprint density at radius 1 is 1.09 bits per heavy atom. The highest BCUT2D eigenvalue weighted by Gasteiger charge is 2.19. The Labute approximate surface area is 127 Å². The fraction of sp³-hybridized carbons (Fsp3) is 0.235. The van der Waals surface area contributed by atoms with Crippen molar-refractivity contribution in [1.29, 1.82) is 0 Å². The summed E-state index contributed by atoms with van der Waals surface area (Å²) in [5, 5.41) is 9.26. The molecular formula is C17H16F2O3. The molecule has 2 rings (SSSR count). The van der Waals surface area contributed by atoms with E-state index in [0.717, 1.165) is 0 Å². The van der Waals surface area contributed by atoms with E-state index >= 15 is 0 Å². The molecule has 0 spiro atoms. The molecule has 5 heteroatoms. The summed E-state index contributed by atoms with van der Waals surface area (Å²) < 4.78 is 31.5. The number of carboxylic acid groups (broad SMARTS) is 1. The minimum Gasteiger partial charge on any atom is -0.493 e. The van der Waals surface area contributed by atoms with E-state index in [2.05, 4.69) is 0 Å². The molecule has 0 fully saturated rings. The largest absolute Gasteiger partial charge is 0.493 e. The summed E-state index contributed by atoms with van der Waals surface area (Å²) in [7, 11) is 0. The highest BCUT2D eigenvalue weighted by molar-refractivity contribution is 5.76. The second-order valence-electron chi connectivity index (χ2n) is 4.89. The summed E-state index contributed by atoms with van der Waals surface area (Å²) in [5.41, 5.74) is 0.429. The number of benzene rings is 2. The molecule has 22 heavy (non-hydrogen) atoms. The van der Waals surface area contributed by atoms with Crippen molar-refractivity contribution in [3.05, 3.63) is 65.7 Å². The standard InChI is InChI=1S/C17H16F2O3/c18-13-5-1-4-12(10-13)16(17(20)21)8-3-9-22-15-7-2-6-14(19)11-15/h1-2,4-7,10-11,16H,3,8-9H2,(H,20,21). The summed E-state index contributed by atoms with van der Waals surface area (Å²) in [6, 6.07) is 11.3. The third kappa shape index (κ3) is 4.55.